The molecule has 0 unspecified atom stereocenters. The summed E-state index contributed by atoms with van der Waals surface area (Å²) in [6, 6.07) is 4.83. The number of nitrogens with one attached hydrogen (secondary N) is 1. The second kappa shape index (κ2) is 5.35. The number of hydrazine groups is 1. The number of nitrogens with two attached hydrogens (primary N) is 1. The minimum absolute atomic E-state index is 0.221. The van der Waals surface area contributed by atoms with Gasteiger partial charge in [0.2, 0.25) is 0 Å². The molecular weight excluding hydrogens is 242 g/mol. The molecule has 1 saturated heterocycles. The molecule has 0 bridgehead atoms. The van der Waals surface area contributed by atoms with Gasteiger partial charge in [-0.05, 0) is 18.2 Å². The van der Waals surface area contributed by atoms with Crippen LogP contribution in [0, 0.1) is 0 Å². The van der Waals surface area contributed by atoms with Crippen molar-refractivity contribution >= 4 is 23.2 Å². The van der Waals surface area contributed by atoms with E-state index in [0.717, 1.165) is 0 Å². The average molecular weight is 256 g/mol. The molecule has 17 heavy (non-hydrogen) atoms. The maximum atomic E-state index is 11.9. The Kier molecular flexibility index (Phi) is 3.83. The van der Waals surface area contributed by atoms with E-state index in [1.807, 2.05) is 5.01 Å². The van der Waals surface area contributed by atoms with E-state index < -0.39 is 0 Å². The lowest BCUT2D eigenvalue weighted by atomic mass is 10.2. The Balaban J connectivity index is 2.03. The molecule has 6 heteroatoms. The van der Waals surface area contributed by atoms with Crippen molar-refractivity contribution in [2.45, 2.75) is 0 Å². The Morgan fingerprint density at radius 2 is 2.12 bits per heavy atom. The molecule has 0 spiro atoms. The number of hydrogen-bond acceptors (Lipinski definition) is 4. The largest absolute Gasteiger partial charge is 0.398 e. The summed E-state index contributed by atoms with van der Waals surface area (Å²) in [6.45, 7) is 2.60. The molecule has 0 aliphatic carbocycles. The second-order valence-corrected chi connectivity index (χ2v) is 4.21. The van der Waals surface area contributed by atoms with Crippen molar-refractivity contribution in [1.29, 1.82) is 0 Å². The van der Waals surface area contributed by atoms with E-state index in [1.165, 1.54) is 0 Å². The van der Waals surface area contributed by atoms with Crippen LogP contribution in [0.15, 0.2) is 18.2 Å². The SMILES string of the molecule is Nc1cc(Cl)ccc1C(=O)NN1CCOCC1. The molecule has 2 rings (SSSR count). The first kappa shape index (κ1) is 12.2. The molecule has 0 atom stereocenters. The average Bonchev–Trinajstić information content (AvgIpc) is 2.30. The quantitative estimate of drug-likeness (QED) is 0.771. The first-order valence-electron chi connectivity index (χ1n) is 5.35. The number of anilines is 1. The van der Waals surface area contributed by atoms with E-state index in [9.17, 15) is 4.79 Å². The number of carbonyl (C=O) groups is 1. The molecule has 0 radical (unpaired) electrons. The lowest BCUT2D eigenvalue weighted by Crippen LogP contribution is -2.48. The summed E-state index contributed by atoms with van der Waals surface area (Å²) in [7, 11) is 0. The standard InChI is InChI=1S/C11H14ClN3O2/c12-8-1-2-9(10(13)7-8)11(16)14-15-3-5-17-6-4-15/h1-2,7H,3-6,13H2,(H,14,16). The number of nitrogens with zero attached hydrogens (tertiary/aromatic N) is 1. The molecule has 0 saturated carbocycles. The van der Waals surface area contributed by atoms with Crippen molar-refractivity contribution in [2.75, 3.05) is 32.0 Å². The number of halogens is 1. The number of carbonyl (C=O) groups excluding carboxylic acids is 1. The van der Waals surface area contributed by atoms with Crippen LogP contribution in [0.5, 0.6) is 0 Å². The Labute approximate surface area is 104 Å². The number of hydrogen-bond donors (Lipinski definition) is 2. The summed E-state index contributed by atoms with van der Waals surface area (Å²) in [5, 5.41) is 2.34. The van der Waals surface area contributed by atoms with Crippen molar-refractivity contribution in [2.24, 2.45) is 0 Å². The van der Waals surface area contributed by atoms with E-state index in [2.05, 4.69) is 5.43 Å². The van der Waals surface area contributed by atoms with Gasteiger partial charge in [0.05, 0.1) is 18.8 Å². The van der Waals surface area contributed by atoms with E-state index in [-0.39, 0.29) is 5.91 Å². The van der Waals surface area contributed by atoms with Gasteiger partial charge in [-0.25, -0.2) is 5.01 Å². The summed E-state index contributed by atoms with van der Waals surface area (Å²) < 4.78 is 5.19. The molecule has 1 aromatic rings. The van der Waals surface area contributed by atoms with Crippen LogP contribution in [0.2, 0.25) is 5.02 Å². The predicted octanol–water partition coefficient (Wildman–Crippen LogP) is 0.899. The van der Waals surface area contributed by atoms with Gasteiger partial charge in [-0.1, -0.05) is 11.6 Å². The third-order valence-corrected chi connectivity index (χ3v) is 2.76. The molecule has 1 aliphatic heterocycles. The van der Waals surface area contributed by atoms with Gasteiger partial charge in [-0.3, -0.25) is 10.2 Å². The van der Waals surface area contributed by atoms with Crippen LogP contribution in [0.1, 0.15) is 10.4 Å². The topological polar surface area (TPSA) is 67.6 Å². The number of ether oxygens (including phenoxy) is 1. The molecule has 1 heterocycles. The Bertz CT molecular complexity index is 419. The Morgan fingerprint density at radius 1 is 1.41 bits per heavy atom. The van der Waals surface area contributed by atoms with Crippen LogP contribution < -0.4 is 11.2 Å². The third-order valence-electron chi connectivity index (χ3n) is 2.53. The fourth-order valence-corrected chi connectivity index (χ4v) is 1.80. The molecule has 1 fully saturated rings. The third kappa shape index (κ3) is 3.09. The zero-order chi connectivity index (χ0) is 12.3. The van der Waals surface area contributed by atoms with Gasteiger partial charge in [0.15, 0.2) is 0 Å². The Hall–Kier alpha value is -1.30. The van der Waals surface area contributed by atoms with Crippen LogP contribution in [0.25, 0.3) is 0 Å². The molecule has 5 nitrogen and oxygen atoms in total. The maximum Gasteiger partial charge on any atom is 0.267 e. The van der Waals surface area contributed by atoms with Crippen LogP contribution in [-0.2, 0) is 4.74 Å². The van der Waals surface area contributed by atoms with Crippen molar-refractivity contribution < 1.29 is 9.53 Å². The summed E-state index contributed by atoms with van der Waals surface area (Å²) in [6.07, 6.45) is 0. The number of nitrogen functional groups attached to an aromatic ring is 1. The van der Waals surface area contributed by atoms with Crippen molar-refractivity contribution in [3.63, 3.8) is 0 Å². The van der Waals surface area contributed by atoms with Crippen LogP contribution >= 0.6 is 11.6 Å². The lowest BCUT2D eigenvalue weighted by molar-refractivity contribution is 0.0126. The highest BCUT2D eigenvalue weighted by molar-refractivity contribution is 6.31. The zero-order valence-corrected chi connectivity index (χ0v) is 10.0. The van der Waals surface area contributed by atoms with E-state index in [0.29, 0.717) is 42.6 Å². The highest BCUT2D eigenvalue weighted by Crippen LogP contribution is 2.17. The van der Waals surface area contributed by atoms with Crippen LogP contribution in [-0.4, -0.2) is 37.2 Å². The first-order chi connectivity index (χ1) is 8.16. The van der Waals surface area contributed by atoms with Gasteiger partial charge in [-0.15, -0.1) is 0 Å². The van der Waals surface area contributed by atoms with Gasteiger partial charge < -0.3 is 10.5 Å². The molecule has 3 N–H and O–H groups in total. The fraction of sp³-hybridized carbons (Fsp3) is 0.364. The summed E-state index contributed by atoms with van der Waals surface area (Å²) >= 11 is 5.77. The first-order valence-corrected chi connectivity index (χ1v) is 5.73. The smallest absolute Gasteiger partial charge is 0.267 e. The highest BCUT2D eigenvalue weighted by atomic mass is 35.5. The van der Waals surface area contributed by atoms with E-state index >= 15 is 0 Å². The molecule has 1 amide bonds. The van der Waals surface area contributed by atoms with Gasteiger partial charge in [-0.2, -0.15) is 0 Å². The number of rotatable bonds is 2. The number of amides is 1. The summed E-state index contributed by atoms with van der Waals surface area (Å²) in [5.74, 6) is -0.221. The minimum atomic E-state index is -0.221. The summed E-state index contributed by atoms with van der Waals surface area (Å²) in [4.78, 5) is 11.9. The Morgan fingerprint density at radius 3 is 2.76 bits per heavy atom. The monoisotopic (exact) mass is 255 g/mol. The summed E-state index contributed by atoms with van der Waals surface area (Å²) in [5.41, 5.74) is 9.34. The number of morpholine rings is 1. The van der Waals surface area contributed by atoms with Gasteiger partial charge >= 0.3 is 0 Å². The van der Waals surface area contributed by atoms with Gasteiger partial charge in [0.25, 0.3) is 5.91 Å². The van der Waals surface area contributed by atoms with Crippen LogP contribution in [0.4, 0.5) is 5.69 Å². The number of benzene rings is 1. The normalized spacial score (nSPS) is 16.8. The minimum Gasteiger partial charge on any atom is -0.398 e. The molecule has 1 aromatic carbocycles. The maximum absolute atomic E-state index is 11.9. The van der Waals surface area contributed by atoms with Crippen molar-refractivity contribution in [3.05, 3.63) is 28.8 Å². The van der Waals surface area contributed by atoms with Crippen molar-refractivity contribution in [1.82, 2.24) is 10.4 Å². The van der Waals surface area contributed by atoms with E-state index in [4.69, 9.17) is 22.1 Å². The van der Waals surface area contributed by atoms with Crippen LogP contribution in [0.3, 0.4) is 0 Å². The second-order valence-electron chi connectivity index (χ2n) is 3.77. The van der Waals surface area contributed by atoms with E-state index in [1.54, 1.807) is 18.2 Å². The molecule has 92 valence electrons. The zero-order valence-electron chi connectivity index (χ0n) is 9.28. The molecule has 0 aromatic heterocycles. The van der Waals surface area contributed by atoms with Crippen molar-refractivity contribution in [3.8, 4) is 0 Å². The fourth-order valence-electron chi connectivity index (χ4n) is 1.62. The predicted molar refractivity (Wildman–Crippen MR) is 65.7 cm³/mol. The van der Waals surface area contributed by atoms with Gasteiger partial charge in [0.1, 0.15) is 0 Å². The van der Waals surface area contributed by atoms with Gasteiger partial charge in [0, 0.05) is 23.8 Å². The molecule has 1 aliphatic rings. The highest BCUT2D eigenvalue weighted by Gasteiger charge is 2.15. The molecular formula is C11H14ClN3O2. The lowest BCUT2D eigenvalue weighted by Gasteiger charge is -2.27.